The van der Waals surface area contributed by atoms with Crippen LogP contribution >= 0.6 is 0 Å². The summed E-state index contributed by atoms with van der Waals surface area (Å²) in [5.74, 6) is -3.81. The van der Waals surface area contributed by atoms with Gasteiger partial charge in [0.25, 0.3) is 5.91 Å². The van der Waals surface area contributed by atoms with Crippen LogP contribution in [0.4, 0.5) is 0 Å². The van der Waals surface area contributed by atoms with Gasteiger partial charge in [0.2, 0.25) is 11.6 Å². The van der Waals surface area contributed by atoms with Crippen LogP contribution in [0.3, 0.4) is 0 Å². The minimum absolute atomic E-state index is 0.0162. The van der Waals surface area contributed by atoms with Gasteiger partial charge in [0.15, 0.2) is 23.0 Å². The third-order valence-electron chi connectivity index (χ3n) is 9.36. The van der Waals surface area contributed by atoms with Gasteiger partial charge in [-0.3, -0.25) is 29.0 Å². The van der Waals surface area contributed by atoms with E-state index in [1.807, 2.05) is 4.90 Å². The largest absolute Gasteiger partial charge is 0.507 e. The molecule has 2 bridgehead atoms. The summed E-state index contributed by atoms with van der Waals surface area (Å²) in [5, 5.41) is 34.1. The summed E-state index contributed by atoms with van der Waals surface area (Å²) in [6.45, 7) is 2.97. The SMILES string of the molecule is COC1=C(C)C(=O)C2=C(C1=O)[C@H](CNC(=O)C(C)=O)N1[C@@H](C#N)[C@@H]3Cc4c(O)c(C)c(OC)c(OC(=O)CO)c4[C@@H]([C@@H]1C2)N3C. The summed E-state index contributed by atoms with van der Waals surface area (Å²) < 4.78 is 16.5. The molecule has 0 spiro atoms. The quantitative estimate of drug-likeness (QED) is 0.158. The maximum atomic E-state index is 13.9. The van der Waals surface area contributed by atoms with Crippen LogP contribution in [0.1, 0.15) is 43.0 Å². The first kappa shape index (κ1) is 31.8. The van der Waals surface area contributed by atoms with Gasteiger partial charge in [-0.2, -0.15) is 5.26 Å². The summed E-state index contributed by atoms with van der Waals surface area (Å²) in [5.41, 5.74) is 1.45. The van der Waals surface area contributed by atoms with Gasteiger partial charge in [-0.05, 0) is 33.7 Å². The van der Waals surface area contributed by atoms with Crippen LogP contribution in [0.2, 0.25) is 0 Å². The lowest BCUT2D eigenvalue weighted by atomic mass is 9.69. The molecule has 5 atom stereocenters. The van der Waals surface area contributed by atoms with E-state index in [1.54, 1.807) is 18.9 Å². The van der Waals surface area contributed by atoms with Gasteiger partial charge in [0.05, 0.1) is 32.4 Å². The Hall–Kier alpha value is -4.58. The van der Waals surface area contributed by atoms with Gasteiger partial charge >= 0.3 is 5.97 Å². The Morgan fingerprint density at radius 2 is 1.76 bits per heavy atom. The predicted molar refractivity (Wildman–Crippen MR) is 154 cm³/mol. The molecule has 3 N–H and O–H groups in total. The topological polar surface area (TPSA) is 196 Å². The molecule has 14 nitrogen and oxygen atoms in total. The Morgan fingerprint density at radius 3 is 2.33 bits per heavy atom. The molecule has 238 valence electrons. The van der Waals surface area contributed by atoms with Crippen molar-refractivity contribution < 1.29 is 48.4 Å². The molecule has 0 saturated carbocycles. The molecule has 1 fully saturated rings. The standard InChI is InChI=1S/C31H34N4O10/c1-12-25(39)15-8-18-24-23-16(26(40)13(2)29(44-6)30(23)45-21(38)11-36)7-17(34(24)4)19(9-32)35(18)20(10-33-31(42)14(3)37)22(15)27(41)28(12)43-5/h17-20,24,36,40H,7-8,10-11H2,1-6H3,(H,33,42)/t17-,18-,19-,20-,24+/m0/s1. The molecule has 0 aromatic heterocycles. The summed E-state index contributed by atoms with van der Waals surface area (Å²) in [7, 11) is 4.40. The van der Waals surface area contributed by atoms with Gasteiger partial charge in [0.1, 0.15) is 18.4 Å². The lowest BCUT2D eigenvalue weighted by Crippen LogP contribution is -2.71. The average molecular weight is 623 g/mol. The number of likely N-dealkylation sites (N-methyl/N-ethyl adjacent to an activating group) is 1. The molecule has 0 unspecified atom stereocenters. The number of aromatic hydroxyl groups is 1. The van der Waals surface area contributed by atoms with Crippen molar-refractivity contribution in [2.75, 3.05) is 34.4 Å². The number of rotatable bonds is 7. The van der Waals surface area contributed by atoms with E-state index in [4.69, 9.17) is 14.2 Å². The van der Waals surface area contributed by atoms with Crippen LogP contribution in [0, 0.1) is 18.3 Å². The number of phenols is 1. The molecule has 1 aromatic rings. The highest BCUT2D eigenvalue weighted by Crippen LogP contribution is 2.56. The van der Waals surface area contributed by atoms with Crippen molar-refractivity contribution in [3.05, 3.63) is 39.2 Å². The Balaban J connectivity index is 1.78. The zero-order valence-electron chi connectivity index (χ0n) is 25.7. The maximum Gasteiger partial charge on any atom is 0.337 e. The number of carbonyl (C=O) groups is 5. The van der Waals surface area contributed by atoms with E-state index in [9.17, 15) is 39.4 Å². The van der Waals surface area contributed by atoms with Crippen LogP contribution in [0.5, 0.6) is 17.2 Å². The first-order chi connectivity index (χ1) is 21.3. The molecule has 1 saturated heterocycles. The number of allylic oxidation sites excluding steroid dienone is 2. The van der Waals surface area contributed by atoms with Gasteiger partial charge in [-0.25, -0.2) is 4.79 Å². The molecule has 1 amide bonds. The Bertz CT molecular complexity index is 1650. The highest BCUT2D eigenvalue weighted by atomic mass is 16.6. The number of aliphatic hydroxyl groups is 1. The number of fused-ring (bicyclic) bond motifs is 6. The van der Waals surface area contributed by atoms with E-state index in [-0.39, 0.29) is 59.1 Å². The number of piperazine rings is 1. The Kier molecular flexibility index (Phi) is 8.30. The van der Waals surface area contributed by atoms with Crippen molar-refractivity contribution >= 4 is 29.2 Å². The fraction of sp³-hybridized carbons (Fsp3) is 0.484. The van der Waals surface area contributed by atoms with Crippen LogP contribution in [0.15, 0.2) is 22.5 Å². The average Bonchev–Trinajstić information content (AvgIpc) is 3.01. The number of hydrogen-bond donors (Lipinski definition) is 3. The van der Waals surface area contributed by atoms with Crippen molar-refractivity contribution in [3.63, 3.8) is 0 Å². The maximum absolute atomic E-state index is 13.9. The van der Waals surface area contributed by atoms with Crippen molar-refractivity contribution in [3.8, 4) is 23.3 Å². The second kappa shape index (κ2) is 11.7. The van der Waals surface area contributed by atoms with Crippen molar-refractivity contribution in [2.45, 2.75) is 63.8 Å². The number of hydrogen-bond acceptors (Lipinski definition) is 13. The van der Waals surface area contributed by atoms with E-state index in [0.29, 0.717) is 16.7 Å². The van der Waals surface area contributed by atoms with E-state index in [0.717, 1.165) is 6.92 Å². The third kappa shape index (κ3) is 4.70. The molecule has 5 rings (SSSR count). The van der Waals surface area contributed by atoms with E-state index < -0.39 is 66.0 Å². The van der Waals surface area contributed by atoms with Gasteiger partial charge in [0, 0.05) is 59.0 Å². The Morgan fingerprint density at radius 1 is 1.07 bits per heavy atom. The van der Waals surface area contributed by atoms with Crippen molar-refractivity contribution in [1.82, 2.24) is 15.1 Å². The van der Waals surface area contributed by atoms with E-state index in [2.05, 4.69) is 11.4 Å². The van der Waals surface area contributed by atoms with Crippen molar-refractivity contribution in [1.29, 1.82) is 5.26 Å². The first-order valence-corrected chi connectivity index (χ1v) is 14.3. The molecule has 3 aliphatic heterocycles. The normalized spacial score (nSPS) is 26.0. The summed E-state index contributed by atoms with van der Waals surface area (Å²) in [6, 6.07) is -1.62. The lowest BCUT2D eigenvalue weighted by molar-refractivity contribution is -0.138. The number of Topliss-reactive ketones (excluding diaryl/α,β-unsaturated/α-hetero) is 3. The summed E-state index contributed by atoms with van der Waals surface area (Å²) in [4.78, 5) is 68.1. The summed E-state index contributed by atoms with van der Waals surface area (Å²) >= 11 is 0. The number of benzene rings is 1. The molecule has 1 aliphatic carbocycles. The number of methoxy groups -OCH3 is 2. The molecule has 1 aromatic carbocycles. The van der Waals surface area contributed by atoms with Crippen LogP contribution in [0.25, 0.3) is 0 Å². The summed E-state index contributed by atoms with van der Waals surface area (Å²) in [6.07, 6.45) is 0.104. The second-order valence-electron chi connectivity index (χ2n) is 11.5. The zero-order chi connectivity index (χ0) is 33.1. The molecule has 0 radical (unpaired) electrons. The Labute approximate surface area is 258 Å². The minimum Gasteiger partial charge on any atom is -0.507 e. The molecule has 45 heavy (non-hydrogen) atoms. The first-order valence-electron chi connectivity index (χ1n) is 14.3. The fourth-order valence-electron chi connectivity index (χ4n) is 7.39. The van der Waals surface area contributed by atoms with Crippen LogP contribution < -0.4 is 14.8 Å². The number of phenolic OH excluding ortho intramolecular Hbond substituents is 1. The van der Waals surface area contributed by atoms with Gasteiger partial charge in [-0.1, -0.05) is 0 Å². The second-order valence-corrected chi connectivity index (χ2v) is 11.5. The lowest BCUT2D eigenvalue weighted by Gasteiger charge is -2.60. The monoisotopic (exact) mass is 622 g/mol. The van der Waals surface area contributed by atoms with E-state index >= 15 is 0 Å². The number of ketones is 3. The molecule has 4 aliphatic rings. The highest BCUT2D eigenvalue weighted by molar-refractivity contribution is 6.35. The number of ether oxygens (including phenoxy) is 3. The zero-order valence-corrected chi connectivity index (χ0v) is 25.7. The number of esters is 1. The number of nitrogens with zero attached hydrogens (tertiary/aromatic N) is 3. The number of aliphatic hydroxyl groups excluding tert-OH is 1. The van der Waals surface area contributed by atoms with Gasteiger partial charge < -0.3 is 29.7 Å². The van der Waals surface area contributed by atoms with Crippen LogP contribution in [-0.4, -0.2) is 108 Å². The van der Waals surface area contributed by atoms with Crippen molar-refractivity contribution in [2.24, 2.45) is 0 Å². The molecule has 3 heterocycles. The smallest absolute Gasteiger partial charge is 0.337 e. The number of carbonyl (C=O) groups excluding carboxylic acids is 5. The van der Waals surface area contributed by atoms with E-state index in [1.165, 1.54) is 21.1 Å². The third-order valence-corrected chi connectivity index (χ3v) is 9.36. The molecular formula is C31H34N4O10. The minimum atomic E-state index is -1.02. The van der Waals surface area contributed by atoms with Crippen LogP contribution in [-0.2, 0) is 35.1 Å². The van der Waals surface area contributed by atoms with Gasteiger partial charge in [-0.15, -0.1) is 0 Å². The number of nitriles is 1. The highest BCUT2D eigenvalue weighted by Gasteiger charge is 2.58. The molecule has 14 heteroatoms. The number of nitrogens with one attached hydrogen (secondary N) is 1. The fourth-order valence-corrected chi connectivity index (χ4v) is 7.39. The number of amides is 1. The molecular weight excluding hydrogens is 588 g/mol. The predicted octanol–water partition coefficient (Wildman–Crippen LogP) is -0.0728.